The number of fused-ring (bicyclic) bond motifs is 1. The molecule has 33 heavy (non-hydrogen) atoms. The number of benzene rings is 3. The molecule has 0 aliphatic heterocycles. The van der Waals surface area contributed by atoms with Gasteiger partial charge >= 0.3 is 5.97 Å². The zero-order valence-corrected chi connectivity index (χ0v) is 19.4. The lowest BCUT2D eigenvalue weighted by atomic mass is 9.99. The molecule has 0 N–H and O–H groups in total. The zero-order chi connectivity index (χ0) is 23.7. The molecule has 0 radical (unpaired) electrons. The Hall–Kier alpha value is -4.00. The third-order valence-corrected chi connectivity index (χ3v) is 5.34. The van der Waals surface area contributed by atoms with Crippen LogP contribution in [-0.4, -0.2) is 32.3 Å². The van der Waals surface area contributed by atoms with E-state index in [1.54, 1.807) is 19.2 Å². The molecule has 1 aromatic heterocycles. The Bertz CT molecular complexity index is 1310. The SMILES string of the molecule is COc1cc(-c2nc3ccc(-c4cc(C)c(OC)c(C)c4)cc3o2)cc(OC)c1OC(C)=O. The summed E-state index contributed by atoms with van der Waals surface area (Å²) in [4.78, 5) is 16.1. The Morgan fingerprint density at radius 1 is 0.788 bits per heavy atom. The number of oxazole rings is 1. The number of carbonyl (C=O) groups is 1. The number of ether oxygens (including phenoxy) is 4. The van der Waals surface area contributed by atoms with E-state index in [1.807, 2.05) is 32.0 Å². The molecule has 0 atom stereocenters. The van der Waals surface area contributed by atoms with Gasteiger partial charge in [-0.2, -0.15) is 0 Å². The van der Waals surface area contributed by atoms with E-state index < -0.39 is 5.97 Å². The van der Waals surface area contributed by atoms with Gasteiger partial charge < -0.3 is 23.4 Å². The third-order valence-electron chi connectivity index (χ3n) is 5.34. The van der Waals surface area contributed by atoms with E-state index in [9.17, 15) is 4.79 Å². The predicted molar refractivity (Wildman–Crippen MR) is 125 cm³/mol. The average Bonchev–Trinajstić information content (AvgIpc) is 3.22. The van der Waals surface area contributed by atoms with Crippen LogP contribution in [0.2, 0.25) is 0 Å². The van der Waals surface area contributed by atoms with Gasteiger partial charge in [0.25, 0.3) is 0 Å². The molecule has 0 aliphatic carbocycles. The highest BCUT2D eigenvalue weighted by Gasteiger charge is 2.19. The van der Waals surface area contributed by atoms with Gasteiger partial charge in [-0.15, -0.1) is 0 Å². The minimum Gasteiger partial charge on any atom is -0.496 e. The fraction of sp³-hybridized carbons (Fsp3) is 0.231. The van der Waals surface area contributed by atoms with Crippen molar-refractivity contribution in [3.8, 4) is 45.6 Å². The Labute approximate surface area is 191 Å². The van der Waals surface area contributed by atoms with E-state index in [1.165, 1.54) is 21.1 Å². The number of hydrogen-bond acceptors (Lipinski definition) is 7. The highest BCUT2D eigenvalue weighted by atomic mass is 16.6. The van der Waals surface area contributed by atoms with Gasteiger partial charge in [0, 0.05) is 12.5 Å². The molecule has 1 heterocycles. The third kappa shape index (κ3) is 4.22. The van der Waals surface area contributed by atoms with Crippen molar-refractivity contribution in [3.05, 3.63) is 53.6 Å². The van der Waals surface area contributed by atoms with Crippen molar-refractivity contribution in [2.75, 3.05) is 21.3 Å². The molecule has 4 rings (SSSR count). The normalized spacial score (nSPS) is 10.8. The minimum atomic E-state index is -0.474. The van der Waals surface area contributed by atoms with E-state index in [4.69, 9.17) is 23.4 Å². The number of esters is 1. The molecule has 0 unspecified atom stereocenters. The maximum absolute atomic E-state index is 11.5. The number of hydrogen-bond donors (Lipinski definition) is 0. The van der Waals surface area contributed by atoms with Crippen LogP contribution in [0.3, 0.4) is 0 Å². The first-order chi connectivity index (χ1) is 15.8. The summed E-state index contributed by atoms with van der Waals surface area (Å²) >= 11 is 0. The molecular formula is C26H25NO6. The van der Waals surface area contributed by atoms with Crippen molar-refractivity contribution in [1.29, 1.82) is 0 Å². The summed E-state index contributed by atoms with van der Waals surface area (Å²) in [5, 5.41) is 0. The summed E-state index contributed by atoms with van der Waals surface area (Å²) in [5.41, 5.74) is 6.22. The van der Waals surface area contributed by atoms with Crippen LogP contribution in [0.5, 0.6) is 23.0 Å². The van der Waals surface area contributed by atoms with Crippen LogP contribution >= 0.6 is 0 Å². The fourth-order valence-electron chi connectivity index (χ4n) is 3.91. The summed E-state index contributed by atoms with van der Waals surface area (Å²) in [6.45, 7) is 5.37. The second kappa shape index (κ2) is 8.86. The largest absolute Gasteiger partial charge is 0.496 e. The molecule has 0 aliphatic rings. The first kappa shape index (κ1) is 22.2. The van der Waals surface area contributed by atoms with Gasteiger partial charge in [-0.05, 0) is 72.5 Å². The second-order valence-electron chi connectivity index (χ2n) is 7.65. The summed E-state index contributed by atoms with van der Waals surface area (Å²) in [6, 6.07) is 13.5. The maximum atomic E-state index is 11.5. The standard InChI is InChI=1S/C26H25NO6/c1-14-9-18(10-15(2)24(14)31-6)17-7-8-20-21(11-17)33-26(27-20)19-12-22(29-4)25(32-16(3)28)23(13-19)30-5/h7-13H,1-6H3. The van der Waals surface area contributed by atoms with Crippen molar-refractivity contribution in [1.82, 2.24) is 4.98 Å². The van der Waals surface area contributed by atoms with E-state index in [-0.39, 0.29) is 5.75 Å². The zero-order valence-electron chi connectivity index (χ0n) is 19.4. The summed E-state index contributed by atoms with van der Waals surface area (Å²) < 4.78 is 27.6. The van der Waals surface area contributed by atoms with Gasteiger partial charge in [0.15, 0.2) is 17.1 Å². The van der Waals surface area contributed by atoms with Crippen molar-refractivity contribution in [2.45, 2.75) is 20.8 Å². The van der Waals surface area contributed by atoms with Crippen LogP contribution in [0.1, 0.15) is 18.1 Å². The Morgan fingerprint density at radius 2 is 1.42 bits per heavy atom. The van der Waals surface area contributed by atoms with Crippen molar-refractivity contribution in [3.63, 3.8) is 0 Å². The van der Waals surface area contributed by atoms with Gasteiger partial charge in [0.1, 0.15) is 11.3 Å². The quantitative estimate of drug-likeness (QED) is 0.276. The van der Waals surface area contributed by atoms with Crippen molar-refractivity contribution >= 4 is 17.1 Å². The van der Waals surface area contributed by atoms with Crippen LogP contribution in [-0.2, 0) is 4.79 Å². The van der Waals surface area contributed by atoms with Crippen LogP contribution < -0.4 is 18.9 Å². The second-order valence-corrected chi connectivity index (χ2v) is 7.65. The number of carbonyl (C=O) groups excluding carboxylic acids is 1. The van der Waals surface area contributed by atoms with E-state index in [0.717, 1.165) is 33.5 Å². The molecule has 0 saturated carbocycles. The highest BCUT2D eigenvalue weighted by molar-refractivity contribution is 5.83. The Kier molecular flexibility index (Phi) is 5.96. The fourth-order valence-corrected chi connectivity index (χ4v) is 3.91. The van der Waals surface area contributed by atoms with E-state index in [2.05, 4.69) is 17.1 Å². The maximum Gasteiger partial charge on any atom is 0.308 e. The molecule has 3 aromatic carbocycles. The molecule has 0 bridgehead atoms. The molecule has 170 valence electrons. The van der Waals surface area contributed by atoms with Gasteiger partial charge in [-0.25, -0.2) is 4.98 Å². The number of methoxy groups -OCH3 is 3. The lowest BCUT2D eigenvalue weighted by Gasteiger charge is -2.13. The topological polar surface area (TPSA) is 80.0 Å². The predicted octanol–water partition coefficient (Wildman–Crippen LogP) is 5.73. The first-order valence-electron chi connectivity index (χ1n) is 10.4. The molecule has 4 aromatic rings. The number of aryl methyl sites for hydroxylation is 2. The van der Waals surface area contributed by atoms with Gasteiger partial charge in [-0.1, -0.05) is 6.07 Å². The molecule has 0 fully saturated rings. The number of nitrogens with zero attached hydrogens (tertiary/aromatic N) is 1. The highest BCUT2D eigenvalue weighted by Crippen LogP contribution is 2.42. The van der Waals surface area contributed by atoms with Crippen molar-refractivity contribution < 1.29 is 28.2 Å². The van der Waals surface area contributed by atoms with Gasteiger partial charge in [-0.3, -0.25) is 4.79 Å². The van der Waals surface area contributed by atoms with Crippen molar-refractivity contribution in [2.24, 2.45) is 0 Å². The Balaban J connectivity index is 1.77. The van der Waals surface area contributed by atoms with Crippen LogP contribution in [0.4, 0.5) is 0 Å². The van der Waals surface area contributed by atoms with E-state index >= 15 is 0 Å². The molecule has 0 spiro atoms. The van der Waals surface area contributed by atoms with Crippen LogP contribution in [0, 0.1) is 13.8 Å². The summed E-state index contributed by atoms with van der Waals surface area (Å²) in [7, 11) is 4.66. The molecule has 0 amide bonds. The first-order valence-corrected chi connectivity index (χ1v) is 10.4. The van der Waals surface area contributed by atoms with Crippen LogP contribution in [0.15, 0.2) is 46.9 Å². The lowest BCUT2D eigenvalue weighted by Crippen LogP contribution is -2.05. The molecule has 7 heteroatoms. The lowest BCUT2D eigenvalue weighted by molar-refractivity contribution is -0.132. The van der Waals surface area contributed by atoms with Gasteiger partial charge in [0.2, 0.25) is 11.6 Å². The molecule has 7 nitrogen and oxygen atoms in total. The minimum absolute atomic E-state index is 0.208. The number of aromatic nitrogens is 1. The average molecular weight is 447 g/mol. The molecular weight excluding hydrogens is 422 g/mol. The smallest absolute Gasteiger partial charge is 0.308 e. The monoisotopic (exact) mass is 447 g/mol. The molecule has 0 saturated heterocycles. The number of rotatable bonds is 6. The Morgan fingerprint density at radius 3 is 1.97 bits per heavy atom. The summed E-state index contributed by atoms with van der Waals surface area (Å²) in [5.74, 6) is 1.70. The van der Waals surface area contributed by atoms with Crippen LogP contribution in [0.25, 0.3) is 33.7 Å². The summed E-state index contributed by atoms with van der Waals surface area (Å²) in [6.07, 6.45) is 0. The van der Waals surface area contributed by atoms with Gasteiger partial charge in [0.05, 0.1) is 21.3 Å². The van der Waals surface area contributed by atoms with E-state index in [0.29, 0.717) is 28.5 Å².